The first-order valence-electron chi connectivity index (χ1n) is 3.92. The molecule has 2 aliphatic rings. The number of nitrogens with zero attached hydrogens (tertiary/aromatic N) is 4. The number of hydrogen-bond donors (Lipinski definition) is 0. The Hall–Kier alpha value is -1.70. The van der Waals surface area contributed by atoms with E-state index in [1.54, 1.807) is 0 Å². The van der Waals surface area contributed by atoms with E-state index in [9.17, 15) is 4.39 Å². The summed E-state index contributed by atoms with van der Waals surface area (Å²) in [7, 11) is 0. The van der Waals surface area contributed by atoms with Crippen molar-refractivity contribution in [2.24, 2.45) is 16.3 Å². The topological polar surface area (TPSA) is 51.8 Å². The Labute approximate surface area is 74.6 Å². The second-order valence-corrected chi connectivity index (χ2v) is 3.06. The molecule has 13 heavy (non-hydrogen) atoms. The molecule has 2 atom stereocenters. The highest BCUT2D eigenvalue weighted by atomic mass is 19.1. The molecule has 4 nitrogen and oxygen atoms in total. The van der Waals surface area contributed by atoms with Crippen molar-refractivity contribution in [1.29, 1.82) is 5.26 Å². The fourth-order valence-corrected chi connectivity index (χ4v) is 1.56. The van der Waals surface area contributed by atoms with Crippen molar-refractivity contribution in [1.82, 2.24) is 5.01 Å². The summed E-state index contributed by atoms with van der Waals surface area (Å²) in [6.45, 7) is 1.83. The van der Waals surface area contributed by atoms with E-state index in [4.69, 9.17) is 5.26 Å². The van der Waals surface area contributed by atoms with Gasteiger partial charge in [0.1, 0.15) is 11.9 Å². The van der Waals surface area contributed by atoms with Crippen LogP contribution < -0.4 is 0 Å². The summed E-state index contributed by atoms with van der Waals surface area (Å²) in [5, 5.41) is 17.2. The average Bonchev–Trinajstić information content (AvgIpc) is 2.47. The Morgan fingerprint density at radius 3 is 3.15 bits per heavy atom. The molecule has 66 valence electrons. The minimum atomic E-state index is -0.308. The lowest BCUT2D eigenvalue weighted by atomic mass is 9.94. The van der Waals surface area contributed by atoms with Crippen molar-refractivity contribution < 1.29 is 4.39 Å². The zero-order valence-corrected chi connectivity index (χ0v) is 6.98. The zero-order valence-electron chi connectivity index (χ0n) is 6.98. The van der Waals surface area contributed by atoms with Crippen molar-refractivity contribution in [3.63, 3.8) is 0 Å². The van der Waals surface area contributed by atoms with Gasteiger partial charge in [-0.3, -0.25) is 0 Å². The number of fused-ring (bicyclic) bond motifs is 1. The number of halogens is 1. The molecule has 0 N–H and O–H groups in total. The summed E-state index contributed by atoms with van der Waals surface area (Å²) >= 11 is 0. The highest BCUT2D eigenvalue weighted by Gasteiger charge is 2.34. The summed E-state index contributed by atoms with van der Waals surface area (Å²) in [5.41, 5.74) is 0.522. The van der Waals surface area contributed by atoms with E-state index in [1.807, 2.05) is 13.1 Å². The molecule has 1 aliphatic heterocycles. The predicted molar refractivity (Wildman–Crippen MR) is 42.5 cm³/mol. The fraction of sp³-hybridized carbons (Fsp3) is 0.375. The third kappa shape index (κ3) is 1.11. The normalized spacial score (nSPS) is 30.7. The molecule has 0 saturated heterocycles. The van der Waals surface area contributed by atoms with Crippen LogP contribution in [-0.4, -0.2) is 11.1 Å². The molecule has 0 spiro atoms. The van der Waals surface area contributed by atoms with Gasteiger partial charge in [0, 0.05) is 5.92 Å². The SMILES string of the molecule is CC1C=C(F)C=C2N=NN(C#N)C21. The zero-order chi connectivity index (χ0) is 9.42. The molecule has 0 amide bonds. The molecule has 1 heterocycles. The van der Waals surface area contributed by atoms with Gasteiger partial charge < -0.3 is 0 Å². The maximum atomic E-state index is 12.9. The van der Waals surface area contributed by atoms with Crippen molar-refractivity contribution in [3.8, 4) is 6.19 Å². The lowest BCUT2D eigenvalue weighted by molar-refractivity contribution is 0.309. The van der Waals surface area contributed by atoms with Crippen molar-refractivity contribution in [2.45, 2.75) is 13.0 Å². The molecule has 0 radical (unpaired) electrons. The van der Waals surface area contributed by atoms with Crippen LogP contribution in [0.25, 0.3) is 0 Å². The van der Waals surface area contributed by atoms with Crippen LogP contribution in [0.2, 0.25) is 0 Å². The van der Waals surface area contributed by atoms with Crippen molar-refractivity contribution in [3.05, 3.63) is 23.7 Å². The Kier molecular flexibility index (Phi) is 1.62. The Morgan fingerprint density at radius 1 is 1.69 bits per heavy atom. The number of allylic oxidation sites excluding steroid dienone is 2. The van der Waals surface area contributed by atoms with Crippen molar-refractivity contribution in [2.75, 3.05) is 0 Å². The molecule has 0 aromatic carbocycles. The van der Waals surface area contributed by atoms with Crippen LogP contribution >= 0.6 is 0 Å². The van der Waals surface area contributed by atoms with E-state index in [-0.39, 0.29) is 17.8 Å². The minimum absolute atomic E-state index is 0.0744. The van der Waals surface area contributed by atoms with Gasteiger partial charge in [0.25, 0.3) is 0 Å². The van der Waals surface area contributed by atoms with Gasteiger partial charge in [0.05, 0.1) is 5.70 Å². The Morgan fingerprint density at radius 2 is 2.46 bits per heavy atom. The van der Waals surface area contributed by atoms with Gasteiger partial charge in [-0.15, -0.1) is 5.11 Å². The summed E-state index contributed by atoms with van der Waals surface area (Å²) in [6, 6.07) is -0.218. The van der Waals surface area contributed by atoms with Crippen molar-refractivity contribution >= 4 is 0 Å². The highest BCUT2D eigenvalue weighted by Crippen LogP contribution is 2.32. The van der Waals surface area contributed by atoms with Crippen LogP contribution in [0.15, 0.2) is 34.0 Å². The third-order valence-corrected chi connectivity index (χ3v) is 2.13. The summed E-state index contributed by atoms with van der Waals surface area (Å²) < 4.78 is 12.9. The van der Waals surface area contributed by atoms with Crippen LogP contribution in [-0.2, 0) is 0 Å². The van der Waals surface area contributed by atoms with Gasteiger partial charge in [-0.05, 0) is 12.2 Å². The van der Waals surface area contributed by atoms with Crippen LogP contribution in [0.4, 0.5) is 4.39 Å². The Bertz CT molecular complexity index is 363. The van der Waals surface area contributed by atoms with Gasteiger partial charge >= 0.3 is 0 Å². The lowest BCUT2D eigenvalue weighted by Crippen LogP contribution is -2.31. The number of nitriles is 1. The lowest BCUT2D eigenvalue weighted by Gasteiger charge is -2.22. The smallest absolute Gasteiger partial charge is 0.203 e. The molecule has 2 unspecified atom stereocenters. The molecule has 0 aromatic heterocycles. The molecule has 1 aliphatic carbocycles. The monoisotopic (exact) mass is 178 g/mol. The highest BCUT2D eigenvalue weighted by molar-refractivity contribution is 5.30. The molecule has 0 aromatic rings. The molecule has 0 fully saturated rings. The average molecular weight is 178 g/mol. The second-order valence-electron chi connectivity index (χ2n) is 3.06. The van der Waals surface area contributed by atoms with Crippen LogP contribution in [0.3, 0.4) is 0 Å². The van der Waals surface area contributed by atoms with E-state index >= 15 is 0 Å². The van der Waals surface area contributed by atoms with Gasteiger partial charge in [-0.1, -0.05) is 12.1 Å². The fourth-order valence-electron chi connectivity index (χ4n) is 1.56. The maximum Gasteiger partial charge on any atom is 0.203 e. The quantitative estimate of drug-likeness (QED) is 0.532. The molecule has 0 saturated carbocycles. The summed E-state index contributed by atoms with van der Waals surface area (Å²) in [4.78, 5) is 0. The van der Waals surface area contributed by atoms with E-state index in [0.29, 0.717) is 5.70 Å². The van der Waals surface area contributed by atoms with E-state index in [1.165, 1.54) is 17.2 Å². The largest absolute Gasteiger partial charge is 0.207 e. The Balaban J connectivity index is 2.37. The van der Waals surface area contributed by atoms with Crippen LogP contribution in [0.1, 0.15) is 6.92 Å². The van der Waals surface area contributed by atoms with E-state index < -0.39 is 0 Å². The van der Waals surface area contributed by atoms with Gasteiger partial charge in [-0.25, -0.2) is 4.39 Å². The second kappa shape index (κ2) is 2.66. The van der Waals surface area contributed by atoms with Crippen LogP contribution in [0, 0.1) is 17.4 Å². The first-order valence-corrected chi connectivity index (χ1v) is 3.92. The maximum absolute atomic E-state index is 12.9. The first-order chi connectivity index (χ1) is 6.22. The number of hydrogen-bond acceptors (Lipinski definition) is 4. The van der Waals surface area contributed by atoms with Crippen LogP contribution in [0.5, 0.6) is 0 Å². The number of rotatable bonds is 0. The van der Waals surface area contributed by atoms with E-state index in [0.717, 1.165) is 0 Å². The van der Waals surface area contributed by atoms with E-state index in [2.05, 4.69) is 10.3 Å². The molecule has 0 bridgehead atoms. The van der Waals surface area contributed by atoms with Gasteiger partial charge in [0.15, 0.2) is 0 Å². The first kappa shape index (κ1) is 7.92. The minimum Gasteiger partial charge on any atom is -0.207 e. The molecular weight excluding hydrogens is 171 g/mol. The van der Waals surface area contributed by atoms with Gasteiger partial charge in [0.2, 0.25) is 6.19 Å². The molecule has 2 rings (SSSR count). The standard InChI is InChI=1S/C8H7FN4/c1-5-2-6(9)3-7-8(5)13(4-10)12-11-7/h2-3,5,8H,1H3. The van der Waals surface area contributed by atoms with Gasteiger partial charge in [-0.2, -0.15) is 10.3 Å². The summed E-state index contributed by atoms with van der Waals surface area (Å²) in [5.74, 6) is -0.382. The summed E-state index contributed by atoms with van der Waals surface area (Å²) in [6.07, 6.45) is 4.67. The molecular formula is C8H7FN4. The predicted octanol–water partition coefficient (Wildman–Crippen LogP) is 1.91. The molecule has 5 heteroatoms. The third-order valence-electron chi connectivity index (χ3n) is 2.13.